The van der Waals surface area contributed by atoms with Gasteiger partial charge in [-0.05, 0) is 0 Å². The molecule has 0 atom stereocenters. The Kier molecular flexibility index (Phi) is 2.13. The molecule has 0 amide bonds. The molecule has 0 spiro atoms. The molecule has 0 saturated carbocycles. The zero-order chi connectivity index (χ0) is 7.52. The van der Waals surface area contributed by atoms with Crippen molar-refractivity contribution in [2.45, 2.75) is 10.5 Å². The molecule has 0 aliphatic carbocycles. The summed E-state index contributed by atoms with van der Waals surface area (Å²) >= 11 is -0.813. The van der Waals surface area contributed by atoms with Crippen LogP contribution >= 0.6 is 0 Å². The Balaban J connectivity index is 2.17. The third-order valence-corrected chi connectivity index (χ3v) is 7.55. The van der Waals surface area contributed by atoms with E-state index in [0.29, 0.717) is 0 Å². The maximum atomic E-state index is 2.35. The molecular formula is C10H11Ge. The van der Waals surface area contributed by atoms with Crippen LogP contribution in [0.1, 0.15) is 0 Å². The van der Waals surface area contributed by atoms with Crippen LogP contribution in [0.2, 0.25) is 10.5 Å². The van der Waals surface area contributed by atoms with Crippen molar-refractivity contribution in [1.82, 2.24) is 0 Å². The molecule has 0 N–H and O–H groups in total. The van der Waals surface area contributed by atoms with Crippen LogP contribution in [-0.2, 0) is 0 Å². The van der Waals surface area contributed by atoms with Crippen LogP contribution in [0.5, 0.6) is 0 Å². The Morgan fingerprint density at radius 3 is 2.18 bits per heavy atom. The van der Waals surface area contributed by atoms with Crippen LogP contribution in [0.4, 0.5) is 0 Å². The SMILES string of the molecule is C1=C[CH2][Ge]([c]2ccccc2)[CH2]1. The average molecular weight is 204 g/mol. The van der Waals surface area contributed by atoms with Gasteiger partial charge in [-0.1, -0.05) is 0 Å². The normalized spacial score (nSPS) is 17.5. The predicted octanol–water partition coefficient (Wildman–Crippen LogP) is 1.96. The predicted molar refractivity (Wildman–Crippen MR) is 50.6 cm³/mol. The zero-order valence-corrected chi connectivity index (χ0v) is 8.55. The van der Waals surface area contributed by atoms with E-state index < -0.39 is 14.3 Å². The zero-order valence-electron chi connectivity index (χ0n) is 6.46. The molecule has 1 aromatic carbocycles. The van der Waals surface area contributed by atoms with Gasteiger partial charge in [-0.2, -0.15) is 0 Å². The molecule has 1 heteroatoms. The van der Waals surface area contributed by atoms with E-state index in [2.05, 4.69) is 42.5 Å². The van der Waals surface area contributed by atoms with Gasteiger partial charge in [0.05, 0.1) is 0 Å². The van der Waals surface area contributed by atoms with Gasteiger partial charge >= 0.3 is 71.7 Å². The van der Waals surface area contributed by atoms with Crippen LogP contribution < -0.4 is 4.40 Å². The summed E-state index contributed by atoms with van der Waals surface area (Å²) in [5, 5.41) is 2.79. The van der Waals surface area contributed by atoms with Crippen LogP contribution in [0.15, 0.2) is 42.5 Å². The van der Waals surface area contributed by atoms with Gasteiger partial charge in [0.25, 0.3) is 0 Å². The van der Waals surface area contributed by atoms with Gasteiger partial charge in [0, 0.05) is 0 Å². The first-order chi connectivity index (χ1) is 5.47. The number of hydrogen-bond acceptors (Lipinski definition) is 0. The summed E-state index contributed by atoms with van der Waals surface area (Å²) in [6, 6.07) is 11.0. The summed E-state index contributed by atoms with van der Waals surface area (Å²) in [6.45, 7) is 0. The van der Waals surface area contributed by atoms with E-state index in [1.165, 1.54) is 10.5 Å². The van der Waals surface area contributed by atoms with E-state index in [0.717, 1.165) is 0 Å². The van der Waals surface area contributed by atoms with Crippen LogP contribution in [0.3, 0.4) is 0 Å². The molecule has 55 valence electrons. The average Bonchev–Trinajstić information content (AvgIpc) is 2.58. The minimum atomic E-state index is -0.813. The first-order valence-electron chi connectivity index (χ1n) is 4.02. The molecule has 1 aliphatic rings. The molecule has 0 bridgehead atoms. The Hall–Kier alpha value is -0.497. The fourth-order valence-corrected chi connectivity index (χ4v) is 6.07. The van der Waals surface area contributed by atoms with Crippen LogP contribution in [0.25, 0.3) is 0 Å². The molecule has 0 saturated heterocycles. The molecule has 0 nitrogen and oxygen atoms in total. The fraction of sp³-hybridized carbons (Fsp3) is 0.200. The van der Waals surface area contributed by atoms with Gasteiger partial charge in [0.1, 0.15) is 0 Å². The first kappa shape index (κ1) is 7.17. The van der Waals surface area contributed by atoms with Crippen LogP contribution in [-0.4, -0.2) is 14.3 Å². The quantitative estimate of drug-likeness (QED) is 0.484. The third kappa shape index (κ3) is 1.56. The summed E-state index contributed by atoms with van der Waals surface area (Å²) in [5.74, 6) is 0. The van der Waals surface area contributed by atoms with Gasteiger partial charge in [-0.3, -0.25) is 0 Å². The molecule has 1 radical (unpaired) electrons. The van der Waals surface area contributed by atoms with Crippen molar-refractivity contribution in [3.8, 4) is 0 Å². The van der Waals surface area contributed by atoms with E-state index in [9.17, 15) is 0 Å². The molecule has 1 heterocycles. The minimum absolute atomic E-state index is 0.813. The second-order valence-corrected chi connectivity index (χ2v) is 8.31. The van der Waals surface area contributed by atoms with Gasteiger partial charge in [0.2, 0.25) is 0 Å². The molecular weight excluding hydrogens is 193 g/mol. The van der Waals surface area contributed by atoms with Crippen LogP contribution in [0, 0.1) is 0 Å². The van der Waals surface area contributed by atoms with Gasteiger partial charge in [-0.15, -0.1) is 0 Å². The molecule has 0 fully saturated rings. The molecule has 0 aromatic heterocycles. The number of benzene rings is 1. The Morgan fingerprint density at radius 1 is 0.909 bits per heavy atom. The monoisotopic (exact) mass is 205 g/mol. The first-order valence-corrected chi connectivity index (χ1v) is 8.03. The number of rotatable bonds is 1. The van der Waals surface area contributed by atoms with E-state index in [-0.39, 0.29) is 0 Å². The molecule has 0 unspecified atom stereocenters. The van der Waals surface area contributed by atoms with Crippen molar-refractivity contribution in [1.29, 1.82) is 0 Å². The summed E-state index contributed by atoms with van der Waals surface area (Å²) in [7, 11) is 0. The van der Waals surface area contributed by atoms with Gasteiger partial charge in [0.15, 0.2) is 0 Å². The third-order valence-electron chi connectivity index (χ3n) is 2.08. The fourth-order valence-electron chi connectivity index (χ4n) is 1.44. The summed E-state index contributed by atoms with van der Waals surface area (Å²) in [4.78, 5) is 0. The Morgan fingerprint density at radius 2 is 1.55 bits per heavy atom. The standard InChI is InChI=1S/C10H11Ge/c1-2-6-10(7-3-1)11-8-4-5-9-11/h1-7H,8-9H2. The van der Waals surface area contributed by atoms with Crippen molar-refractivity contribution in [2.75, 3.05) is 0 Å². The Labute approximate surface area is 72.0 Å². The Bertz CT molecular complexity index is 243. The van der Waals surface area contributed by atoms with E-state index >= 15 is 0 Å². The van der Waals surface area contributed by atoms with E-state index in [1.807, 2.05) is 0 Å². The maximum absolute atomic E-state index is 2.35. The summed E-state index contributed by atoms with van der Waals surface area (Å²) in [6.07, 6.45) is 4.70. The van der Waals surface area contributed by atoms with E-state index in [4.69, 9.17) is 0 Å². The van der Waals surface area contributed by atoms with Gasteiger partial charge in [-0.25, -0.2) is 0 Å². The van der Waals surface area contributed by atoms with Gasteiger partial charge < -0.3 is 0 Å². The molecule has 11 heavy (non-hydrogen) atoms. The van der Waals surface area contributed by atoms with Crippen molar-refractivity contribution in [3.63, 3.8) is 0 Å². The molecule has 2 rings (SSSR count). The number of allylic oxidation sites excluding steroid dienone is 2. The second kappa shape index (κ2) is 3.27. The number of hydrogen-bond donors (Lipinski definition) is 0. The van der Waals surface area contributed by atoms with Crippen molar-refractivity contribution in [2.24, 2.45) is 0 Å². The summed E-state index contributed by atoms with van der Waals surface area (Å²) < 4.78 is 1.65. The molecule has 1 aliphatic heterocycles. The second-order valence-electron chi connectivity index (χ2n) is 2.85. The topological polar surface area (TPSA) is 0 Å². The van der Waals surface area contributed by atoms with Crippen molar-refractivity contribution >= 4 is 18.7 Å². The molecule has 1 aromatic rings. The summed E-state index contributed by atoms with van der Waals surface area (Å²) in [5.41, 5.74) is 0. The van der Waals surface area contributed by atoms with Crippen molar-refractivity contribution < 1.29 is 0 Å². The van der Waals surface area contributed by atoms with Crippen molar-refractivity contribution in [3.05, 3.63) is 42.5 Å². The van der Waals surface area contributed by atoms with E-state index in [1.54, 1.807) is 4.40 Å².